The molecule has 2 atom stereocenters. The van der Waals surface area contributed by atoms with Crippen LogP contribution in [0.5, 0.6) is 0 Å². The van der Waals surface area contributed by atoms with Crippen molar-refractivity contribution in [2.24, 2.45) is 5.73 Å². The molecule has 1 heterocycles. The van der Waals surface area contributed by atoms with Gasteiger partial charge in [-0.05, 0) is 6.92 Å². The first kappa shape index (κ1) is 15.9. The Morgan fingerprint density at radius 1 is 1.40 bits per heavy atom. The van der Waals surface area contributed by atoms with E-state index in [-0.39, 0.29) is 12.4 Å². The number of carboxylic acids is 1. The van der Waals surface area contributed by atoms with Crippen LogP contribution in [0, 0.1) is 0 Å². The fourth-order valence-corrected chi connectivity index (χ4v) is 1.32. The number of carbonyl (C=O) groups is 2. The first-order valence-electron chi connectivity index (χ1n) is 5.90. The van der Waals surface area contributed by atoms with Gasteiger partial charge in [0.2, 0.25) is 11.8 Å². The van der Waals surface area contributed by atoms with Crippen molar-refractivity contribution in [2.45, 2.75) is 32.0 Å². The highest BCUT2D eigenvalue weighted by Crippen LogP contribution is 1.99. The molecule has 0 aliphatic heterocycles. The lowest BCUT2D eigenvalue weighted by Crippen LogP contribution is -2.51. The molecule has 2 amide bonds. The highest BCUT2D eigenvalue weighted by atomic mass is 16.4. The van der Waals surface area contributed by atoms with Crippen molar-refractivity contribution in [3.63, 3.8) is 0 Å². The summed E-state index contributed by atoms with van der Waals surface area (Å²) in [5, 5.41) is 29.8. The number of carboxylic acid groups (broad SMARTS) is 1. The smallest absolute Gasteiger partial charge is 0.328 e. The first-order valence-corrected chi connectivity index (χ1v) is 5.90. The Bertz CT molecular complexity index is 461. The van der Waals surface area contributed by atoms with Crippen molar-refractivity contribution in [2.75, 3.05) is 6.54 Å². The minimum Gasteiger partial charge on any atom is -0.480 e. The van der Waals surface area contributed by atoms with Gasteiger partial charge in [-0.2, -0.15) is 0 Å². The van der Waals surface area contributed by atoms with Crippen LogP contribution in [0.15, 0.2) is 4.42 Å². The molecule has 0 aliphatic rings. The van der Waals surface area contributed by atoms with Gasteiger partial charge < -0.3 is 31.0 Å². The molecule has 0 saturated heterocycles. The van der Waals surface area contributed by atoms with E-state index in [9.17, 15) is 14.7 Å². The Morgan fingerprint density at radius 2 is 2.05 bits per heavy atom. The van der Waals surface area contributed by atoms with Crippen molar-refractivity contribution < 1.29 is 24.2 Å². The zero-order valence-electron chi connectivity index (χ0n) is 10.9. The number of amides is 2. The maximum atomic E-state index is 11.5. The second-order valence-corrected chi connectivity index (χ2v) is 4.01. The molecule has 0 aliphatic carbocycles. The first-order chi connectivity index (χ1) is 9.43. The number of hydrogen-bond acceptors (Lipinski definition) is 7. The number of nitrogens with zero attached hydrogens (tertiary/aromatic N) is 2. The number of nitrogens with two attached hydrogens (primary N) is 1. The van der Waals surface area contributed by atoms with Gasteiger partial charge in [-0.15, -0.1) is 10.2 Å². The third kappa shape index (κ3) is 4.82. The Morgan fingerprint density at radius 3 is 2.60 bits per heavy atom. The van der Waals surface area contributed by atoms with Gasteiger partial charge in [-0.1, -0.05) is 0 Å². The molecule has 10 heteroatoms. The van der Waals surface area contributed by atoms with E-state index in [2.05, 4.69) is 20.8 Å². The minimum absolute atomic E-state index is 0.0600. The Balaban J connectivity index is 2.44. The summed E-state index contributed by atoms with van der Waals surface area (Å²) < 4.78 is 5.16. The van der Waals surface area contributed by atoms with Crippen molar-refractivity contribution in [1.29, 1.82) is 0 Å². The van der Waals surface area contributed by atoms with Crippen molar-refractivity contribution in [3.8, 4) is 0 Å². The molecular formula is C10H17N5O5. The Kier molecular flexibility index (Phi) is 5.87. The molecule has 0 fully saturated rings. The van der Waals surface area contributed by atoms with Crippen LogP contribution in [0.1, 0.15) is 18.7 Å². The molecule has 0 spiro atoms. The van der Waals surface area contributed by atoms with Crippen molar-refractivity contribution in [1.82, 2.24) is 20.8 Å². The topological polar surface area (TPSA) is 164 Å². The molecule has 0 aromatic carbocycles. The zero-order valence-corrected chi connectivity index (χ0v) is 10.9. The van der Waals surface area contributed by atoms with Gasteiger partial charge in [0.1, 0.15) is 0 Å². The van der Waals surface area contributed by atoms with Gasteiger partial charge in [0.25, 0.3) is 0 Å². The van der Waals surface area contributed by atoms with E-state index in [0.717, 1.165) is 0 Å². The van der Waals surface area contributed by atoms with E-state index in [4.69, 9.17) is 15.3 Å². The third-order valence-electron chi connectivity index (χ3n) is 2.30. The third-order valence-corrected chi connectivity index (χ3v) is 2.30. The van der Waals surface area contributed by atoms with Crippen LogP contribution in [0.4, 0.5) is 4.79 Å². The predicted molar refractivity (Wildman–Crippen MR) is 65.5 cm³/mol. The monoisotopic (exact) mass is 287 g/mol. The van der Waals surface area contributed by atoms with Crippen molar-refractivity contribution in [3.05, 3.63) is 11.8 Å². The van der Waals surface area contributed by atoms with Gasteiger partial charge in [0.15, 0.2) is 6.04 Å². The normalized spacial score (nSPS) is 13.6. The number of aliphatic hydroxyl groups excluding tert-OH is 1. The number of nitrogens with one attached hydrogen (secondary N) is 2. The molecule has 6 N–H and O–H groups in total. The van der Waals surface area contributed by atoms with Crippen LogP contribution >= 0.6 is 0 Å². The Labute approximate surface area is 114 Å². The summed E-state index contributed by atoms with van der Waals surface area (Å²) in [6, 6.07) is -2.16. The zero-order chi connectivity index (χ0) is 15.1. The number of aliphatic hydroxyl groups is 1. The van der Waals surface area contributed by atoms with Crippen LogP contribution in [-0.4, -0.2) is 51.1 Å². The van der Waals surface area contributed by atoms with Gasteiger partial charge in [0, 0.05) is 13.0 Å². The van der Waals surface area contributed by atoms with Gasteiger partial charge in [-0.3, -0.25) is 0 Å². The summed E-state index contributed by atoms with van der Waals surface area (Å²) in [6.07, 6.45) is -0.791. The maximum Gasteiger partial charge on any atom is 0.328 e. The molecule has 0 saturated carbocycles. The van der Waals surface area contributed by atoms with E-state index >= 15 is 0 Å². The summed E-state index contributed by atoms with van der Waals surface area (Å²) in [6.45, 7) is 1.57. The number of hydrogen-bond donors (Lipinski definition) is 5. The van der Waals surface area contributed by atoms with Crippen LogP contribution in [0.2, 0.25) is 0 Å². The van der Waals surface area contributed by atoms with Gasteiger partial charge >= 0.3 is 12.0 Å². The quantitative estimate of drug-likeness (QED) is 0.392. The average molecular weight is 287 g/mol. The SMILES string of the molecule is CC(O)C(NC(=O)NCc1nnc(CCN)o1)C(=O)O. The van der Waals surface area contributed by atoms with Crippen LogP contribution < -0.4 is 16.4 Å². The van der Waals surface area contributed by atoms with Crippen molar-refractivity contribution >= 4 is 12.0 Å². The molecule has 1 aromatic heterocycles. The van der Waals surface area contributed by atoms with E-state index in [1.165, 1.54) is 6.92 Å². The van der Waals surface area contributed by atoms with Gasteiger partial charge in [0.05, 0.1) is 12.6 Å². The maximum absolute atomic E-state index is 11.5. The summed E-state index contributed by atoms with van der Waals surface area (Å²) >= 11 is 0. The second-order valence-electron chi connectivity index (χ2n) is 4.01. The lowest BCUT2D eigenvalue weighted by atomic mass is 10.2. The Hall–Kier alpha value is -2.20. The summed E-state index contributed by atoms with van der Waals surface area (Å²) in [5.41, 5.74) is 5.32. The number of aliphatic carboxylic acids is 1. The largest absolute Gasteiger partial charge is 0.480 e. The lowest BCUT2D eigenvalue weighted by molar-refractivity contribution is -0.141. The molecule has 10 nitrogen and oxygen atoms in total. The average Bonchev–Trinajstić information content (AvgIpc) is 2.81. The number of urea groups is 1. The minimum atomic E-state index is -1.40. The molecule has 1 rings (SSSR count). The van der Waals surface area contributed by atoms with E-state index in [0.29, 0.717) is 18.9 Å². The lowest BCUT2D eigenvalue weighted by Gasteiger charge is -2.16. The number of carbonyl (C=O) groups excluding carboxylic acids is 1. The number of aromatic nitrogens is 2. The highest BCUT2D eigenvalue weighted by Gasteiger charge is 2.24. The molecule has 20 heavy (non-hydrogen) atoms. The summed E-state index contributed by atoms with van der Waals surface area (Å²) in [7, 11) is 0. The van der Waals surface area contributed by atoms with Gasteiger partial charge in [-0.25, -0.2) is 9.59 Å². The summed E-state index contributed by atoms with van der Waals surface area (Å²) in [5.74, 6) is -0.803. The van der Waals surface area contributed by atoms with Crippen LogP contribution in [0.25, 0.3) is 0 Å². The predicted octanol–water partition coefficient (Wildman–Crippen LogP) is -1.80. The summed E-state index contributed by atoms with van der Waals surface area (Å²) in [4.78, 5) is 22.2. The molecule has 0 radical (unpaired) electrons. The molecule has 2 unspecified atom stereocenters. The molecular weight excluding hydrogens is 270 g/mol. The van der Waals surface area contributed by atoms with E-state index < -0.39 is 24.1 Å². The standard InChI is InChI=1S/C10H17N5O5/c1-5(16)8(9(17)18)13-10(19)12-4-7-15-14-6(20-7)2-3-11/h5,8,16H,2-4,11H2,1H3,(H,17,18)(H2,12,13,19). The second kappa shape index (κ2) is 7.40. The fourth-order valence-electron chi connectivity index (χ4n) is 1.32. The fraction of sp³-hybridized carbons (Fsp3) is 0.600. The molecule has 112 valence electrons. The molecule has 1 aromatic rings. The number of rotatable bonds is 7. The van der Waals surface area contributed by atoms with E-state index in [1.807, 2.05) is 0 Å². The van der Waals surface area contributed by atoms with Crippen LogP contribution in [-0.2, 0) is 17.8 Å². The highest BCUT2D eigenvalue weighted by molar-refractivity contribution is 5.82. The molecule has 0 bridgehead atoms. The van der Waals surface area contributed by atoms with Crippen LogP contribution in [0.3, 0.4) is 0 Å². The van der Waals surface area contributed by atoms with E-state index in [1.54, 1.807) is 0 Å².